The third kappa shape index (κ3) is 2.64. The van der Waals surface area contributed by atoms with Gasteiger partial charge in [0, 0.05) is 11.6 Å². The van der Waals surface area contributed by atoms with Crippen LogP contribution in [0.5, 0.6) is 0 Å². The molecule has 1 aliphatic carbocycles. The second kappa shape index (κ2) is 5.30. The zero-order chi connectivity index (χ0) is 13.2. The number of hydrogen-bond acceptors (Lipinski definition) is 0. The van der Waals surface area contributed by atoms with Crippen molar-refractivity contribution in [2.24, 2.45) is 0 Å². The Balaban J connectivity index is 1.91. The van der Waals surface area contributed by atoms with Crippen LogP contribution < -0.4 is 4.57 Å². The average molecular weight is 277 g/mol. The summed E-state index contributed by atoms with van der Waals surface area (Å²) in [5.74, 6) is -0.238. The third-order valence-electron chi connectivity index (χ3n) is 3.75. The summed E-state index contributed by atoms with van der Waals surface area (Å²) in [4.78, 5) is 0. The van der Waals surface area contributed by atoms with Crippen LogP contribution in [0.3, 0.4) is 0 Å². The monoisotopic (exact) mass is 276 g/mol. The van der Waals surface area contributed by atoms with Gasteiger partial charge in [-0.15, -0.1) is 0 Å². The Morgan fingerprint density at radius 1 is 1.11 bits per heavy atom. The van der Waals surface area contributed by atoms with Crippen molar-refractivity contribution in [3.05, 3.63) is 64.2 Å². The minimum Gasteiger partial charge on any atom is -0.206 e. The number of aryl methyl sites for hydroxylation is 2. The molecule has 0 radical (unpaired) electrons. The van der Waals surface area contributed by atoms with Gasteiger partial charge in [-0.05, 0) is 43.4 Å². The minimum atomic E-state index is -0.238. The molecule has 3 rings (SSSR count). The Hall–Kier alpha value is -1.41. The van der Waals surface area contributed by atoms with Crippen molar-refractivity contribution in [1.29, 1.82) is 0 Å². The van der Waals surface area contributed by atoms with E-state index in [2.05, 4.69) is 12.3 Å². The molecule has 1 nitrogen and oxygen atoms in total. The molecule has 0 fully saturated rings. The number of halogens is 2. The van der Waals surface area contributed by atoms with Crippen LogP contribution in [0.25, 0.3) is 0 Å². The fourth-order valence-electron chi connectivity index (χ4n) is 2.68. The van der Waals surface area contributed by atoms with E-state index in [1.165, 1.54) is 30.0 Å². The maximum atomic E-state index is 13.8. The third-order valence-corrected chi connectivity index (χ3v) is 4.10. The Morgan fingerprint density at radius 2 is 1.89 bits per heavy atom. The van der Waals surface area contributed by atoms with Crippen LogP contribution >= 0.6 is 11.6 Å². The van der Waals surface area contributed by atoms with E-state index in [1.807, 2.05) is 10.8 Å². The van der Waals surface area contributed by atoms with Gasteiger partial charge in [-0.25, -0.2) is 8.96 Å². The molecule has 98 valence electrons. The zero-order valence-corrected chi connectivity index (χ0v) is 11.5. The molecule has 1 aromatic heterocycles. The predicted molar refractivity (Wildman–Crippen MR) is 73.8 cm³/mol. The quantitative estimate of drug-likeness (QED) is 0.737. The molecule has 2 aromatic rings. The van der Waals surface area contributed by atoms with Crippen LogP contribution in [0.1, 0.15) is 29.5 Å². The van der Waals surface area contributed by atoms with Gasteiger partial charge in [0.2, 0.25) is 0 Å². The summed E-state index contributed by atoms with van der Waals surface area (Å²) >= 11 is 6.07. The number of pyridine rings is 1. The predicted octanol–water partition coefficient (Wildman–Crippen LogP) is 3.69. The molecular formula is C16H16ClFN+. The van der Waals surface area contributed by atoms with Gasteiger partial charge >= 0.3 is 0 Å². The topological polar surface area (TPSA) is 3.88 Å². The zero-order valence-electron chi connectivity index (χ0n) is 10.7. The number of nitrogens with zero attached hydrogens (tertiary/aromatic N) is 1. The molecule has 3 heteroatoms. The van der Waals surface area contributed by atoms with Gasteiger partial charge in [-0.2, -0.15) is 0 Å². The van der Waals surface area contributed by atoms with E-state index < -0.39 is 0 Å². The van der Waals surface area contributed by atoms with Gasteiger partial charge in [0.15, 0.2) is 18.9 Å². The Labute approximate surface area is 117 Å². The second-order valence-electron chi connectivity index (χ2n) is 5.07. The Morgan fingerprint density at radius 3 is 2.68 bits per heavy atom. The summed E-state index contributed by atoms with van der Waals surface area (Å²) in [5.41, 5.74) is 3.38. The Bertz CT molecular complexity index is 589. The van der Waals surface area contributed by atoms with Crippen molar-refractivity contribution in [2.75, 3.05) is 0 Å². The van der Waals surface area contributed by atoms with Gasteiger partial charge < -0.3 is 0 Å². The summed E-state index contributed by atoms with van der Waals surface area (Å²) in [6.07, 6.45) is 8.97. The lowest BCUT2D eigenvalue weighted by Crippen LogP contribution is -2.35. The van der Waals surface area contributed by atoms with Gasteiger partial charge in [0.05, 0.1) is 10.6 Å². The summed E-state index contributed by atoms with van der Waals surface area (Å²) in [6.45, 7) is 0.485. The van der Waals surface area contributed by atoms with Crippen LogP contribution in [0, 0.1) is 5.82 Å². The van der Waals surface area contributed by atoms with Crippen LogP contribution in [-0.4, -0.2) is 0 Å². The van der Waals surface area contributed by atoms with E-state index >= 15 is 0 Å². The smallest absolute Gasteiger partial charge is 0.178 e. The molecule has 0 spiro atoms. The Kier molecular flexibility index (Phi) is 3.52. The van der Waals surface area contributed by atoms with Crippen LogP contribution in [0.15, 0.2) is 36.7 Å². The molecule has 19 heavy (non-hydrogen) atoms. The number of rotatable bonds is 2. The van der Waals surface area contributed by atoms with Crippen molar-refractivity contribution in [1.82, 2.24) is 0 Å². The molecule has 0 saturated heterocycles. The first-order chi connectivity index (χ1) is 9.24. The maximum absolute atomic E-state index is 13.8. The van der Waals surface area contributed by atoms with Crippen LogP contribution in [0.2, 0.25) is 5.02 Å². The molecule has 1 aromatic carbocycles. The molecule has 0 saturated carbocycles. The van der Waals surface area contributed by atoms with Crippen molar-refractivity contribution in [3.63, 3.8) is 0 Å². The fraction of sp³-hybridized carbons (Fsp3) is 0.312. The molecule has 1 aliphatic rings. The van der Waals surface area contributed by atoms with Crippen molar-refractivity contribution < 1.29 is 8.96 Å². The summed E-state index contributed by atoms with van der Waals surface area (Å²) < 4.78 is 15.8. The van der Waals surface area contributed by atoms with Gasteiger partial charge in [0.1, 0.15) is 5.82 Å². The van der Waals surface area contributed by atoms with Gasteiger partial charge in [-0.3, -0.25) is 0 Å². The molecule has 0 atom stereocenters. The minimum absolute atomic E-state index is 0.238. The molecule has 0 bridgehead atoms. The van der Waals surface area contributed by atoms with E-state index in [4.69, 9.17) is 11.6 Å². The summed E-state index contributed by atoms with van der Waals surface area (Å²) in [6, 6.07) is 6.99. The lowest BCUT2D eigenvalue weighted by molar-refractivity contribution is -0.689. The van der Waals surface area contributed by atoms with E-state index in [0.717, 1.165) is 12.8 Å². The highest BCUT2D eigenvalue weighted by Gasteiger charge is 2.16. The summed E-state index contributed by atoms with van der Waals surface area (Å²) in [5, 5.41) is 0.491. The van der Waals surface area contributed by atoms with Gasteiger partial charge in [0.25, 0.3) is 0 Å². The molecule has 0 aliphatic heterocycles. The van der Waals surface area contributed by atoms with E-state index in [9.17, 15) is 4.39 Å². The van der Waals surface area contributed by atoms with E-state index in [0.29, 0.717) is 17.1 Å². The van der Waals surface area contributed by atoms with E-state index in [1.54, 1.807) is 12.1 Å². The van der Waals surface area contributed by atoms with Crippen molar-refractivity contribution in [2.45, 2.75) is 32.2 Å². The van der Waals surface area contributed by atoms with Crippen LogP contribution in [0.4, 0.5) is 4.39 Å². The van der Waals surface area contributed by atoms with Gasteiger partial charge in [-0.1, -0.05) is 17.7 Å². The second-order valence-corrected chi connectivity index (χ2v) is 5.48. The largest absolute Gasteiger partial charge is 0.206 e. The standard InChI is InChI=1S/C16H16ClFN/c17-15-6-3-7-16(18)14(15)11-19-9-8-12-4-1-2-5-13(12)10-19/h3,6-10H,1-2,4-5,11H2/q+1. The highest BCUT2D eigenvalue weighted by Crippen LogP contribution is 2.21. The fourth-order valence-corrected chi connectivity index (χ4v) is 2.91. The molecule has 1 heterocycles. The molecule has 0 amide bonds. The number of aromatic nitrogens is 1. The first-order valence-electron chi connectivity index (χ1n) is 6.68. The lowest BCUT2D eigenvalue weighted by Gasteiger charge is -2.13. The number of benzene rings is 1. The first-order valence-corrected chi connectivity index (χ1v) is 7.05. The number of fused-ring (bicyclic) bond motifs is 1. The molecular weight excluding hydrogens is 261 g/mol. The first kappa shape index (κ1) is 12.6. The lowest BCUT2D eigenvalue weighted by atomic mass is 9.93. The SMILES string of the molecule is Fc1cccc(Cl)c1C[n+]1ccc2c(c1)CCCC2. The van der Waals surface area contributed by atoms with Crippen molar-refractivity contribution >= 4 is 11.6 Å². The number of hydrogen-bond donors (Lipinski definition) is 0. The maximum Gasteiger partial charge on any atom is 0.178 e. The van der Waals surface area contributed by atoms with Crippen molar-refractivity contribution in [3.8, 4) is 0 Å². The molecule has 0 unspecified atom stereocenters. The van der Waals surface area contributed by atoms with Crippen LogP contribution in [-0.2, 0) is 19.4 Å². The highest BCUT2D eigenvalue weighted by atomic mass is 35.5. The highest BCUT2D eigenvalue weighted by molar-refractivity contribution is 6.31. The normalized spacial score (nSPS) is 14.2. The molecule has 0 N–H and O–H groups in total. The average Bonchev–Trinajstić information content (AvgIpc) is 2.43. The van der Waals surface area contributed by atoms with E-state index in [-0.39, 0.29) is 5.82 Å². The summed E-state index contributed by atoms with van der Waals surface area (Å²) in [7, 11) is 0.